The molecular weight excluding hydrogens is 570 g/mol. The van der Waals surface area contributed by atoms with E-state index in [-0.39, 0.29) is 38.0 Å². The van der Waals surface area contributed by atoms with Crippen LogP contribution in [0, 0.1) is 5.82 Å². The van der Waals surface area contributed by atoms with Crippen LogP contribution in [-0.4, -0.2) is 48.6 Å². The first kappa shape index (κ1) is 28.9. The molecule has 0 radical (unpaired) electrons. The van der Waals surface area contributed by atoms with Gasteiger partial charge < -0.3 is 19.9 Å². The molecule has 3 aromatic carbocycles. The second-order valence-corrected chi connectivity index (χ2v) is 10.8. The second-order valence-electron chi connectivity index (χ2n) is 9.99. The summed E-state index contributed by atoms with van der Waals surface area (Å²) >= 11 is 12.3. The average molecular weight is 599 g/mol. The Morgan fingerprint density at radius 2 is 1.68 bits per heavy atom. The highest BCUT2D eigenvalue weighted by atomic mass is 35.5. The molecule has 1 heterocycles. The molecule has 0 aromatic heterocycles. The van der Waals surface area contributed by atoms with Gasteiger partial charge in [0.1, 0.15) is 42.7 Å². The molecule has 0 spiro atoms. The number of carbonyl (C=O) groups excluding carboxylic acids is 2. The van der Waals surface area contributed by atoms with Crippen molar-refractivity contribution < 1.29 is 28.2 Å². The normalized spacial score (nSPS) is 16.3. The van der Waals surface area contributed by atoms with Crippen LogP contribution in [0.1, 0.15) is 30.4 Å². The molecule has 0 saturated heterocycles. The minimum absolute atomic E-state index is 0.0337. The molecule has 5 rings (SSSR count). The van der Waals surface area contributed by atoms with Crippen LogP contribution in [0.5, 0.6) is 11.5 Å². The van der Waals surface area contributed by atoms with E-state index in [1.807, 2.05) is 41.3 Å². The van der Waals surface area contributed by atoms with Crippen molar-refractivity contribution in [1.29, 1.82) is 0 Å². The molecule has 2 aliphatic rings. The van der Waals surface area contributed by atoms with E-state index in [4.69, 9.17) is 43.1 Å². The molecule has 0 bridgehead atoms. The third-order valence-corrected chi connectivity index (χ3v) is 8.08. The summed E-state index contributed by atoms with van der Waals surface area (Å²) < 4.78 is 30.4. The molecule has 2 N–H and O–H groups in total. The molecule has 1 amide bonds. The Labute approximate surface area is 247 Å². The van der Waals surface area contributed by atoms with E-state index in [1.54, 1.807) is 12.1 Å². The maximum atomic E-state index is 13.4. The van der Waals surface area contributed by atoms with Crippen molar-refractivity contribution in [3.05, 3.63) is 99.3 Å². The van der Waals surface area contributed by atoms with Gasteiger partial charge in [0.05, 0.1) is 10.6 Å². The standard InChI is InChI=1S/C31H29Cl2FN2O5/c32-26-4-2-1-3-21(26)19-41-29(37)25-18-36(31(12-13-31)30(35)38)14-11-24(25)20-5-8-23(9-6-20)39-15-16-40-28-17-22(34)7-10-27(28)33/h1-10,17H,11-16,18-19H2,(H2,35,38). The fraction of sp³-hybridized carbons (Fsp3) is 0.290. The largest absolute Gasteiger partial charge is 0.490 e. The highest BCUT2D eigenvalue weighted by Crippen LogP contribution is 2.44. The number of ether oxygens (including phenoxy) is 3. The number of esters is 1. The lowest BCUT2D eigenvalue weighted by Gasteiger charge is -2.35. The Hall–Kier alpha value is -3.59. The van der Waals surface area contributed by atoms with Crippen LogP contribution < -0.4 is 15.2 Å². The zero-order chi connectivity index (χ0) is 29.0. The highest BCUT2D eigenvalue weighted by Gasteiger charge is 2.54. The number of nitrogens with two attached hydrogens (primary N) is 1. The fourth-order valence-electron chi connectivity index (χ4n) is 4.97. The van der Waals surface area contributed by atoms with Crippen LogP contribution in [0.3, 0.4) is 0 Å². The monoisotopic (exact) mass is 598 g/mol. The SMILES string of the molecule is NC(=O)C1(N2CCC(c3ccc(OCCOc4cc(F)ccc4Cl)cc3)=C(C(=O)OCc3ccccc3Cl)C2)CC1. The number of hydrogen-bond acceptors (Lipinski definition) is 6. The van der Waals surface area contributed by atoms with E-state index in [0.717, 1.165) is 11.1 Å². The Bertz CT molecular complexity index is 1470. The smallest absolute Gasteiger partial charge is 0.335 e. The van der Waals surface area contributed by atoms with Gasteiger partial charge in [-0.05, 0) is 60.7 Å². The van der Waals surface area contributed by atoms with Gasteiger partial charge >= 0.3 is 5.97 Å². The molecule has 7 nitrogen and oxygen atoms in total. The van der Waals surface area contributed by atoms with Crippen molar-refractivity contribution in [1.82, 2.24) is 4.90 Å². The van der Waals surface area contributed by atoms with E-state index in [2.05, 4.69) is 0 Å². The number of benzene rings is 3. The van der Waals surface area contributed by atoms with Gasteiger partial charge in [0, 0.05) is 29.7 Å². The summed E-state index contributed by atoms with van der Waals surface area (Å²) in [6.07, 6.45) is 1.91. The topological polar surface area (TPSA) is 91.1 Å². The van der Waals surface area contributed by atoms with Gasteiger partial charge in [0.25, 0.3) is 0 Å². The van der Waals surface area contributed by atoms with Crippen molar-refractivity contribution in [3.63, 3.8) is 0 Å². The van der Waals surface area contributed by atoms with Crippen molar-refractivity contribution in [2.75, 3.05) is 26.3 Å². The molecule has 1 aliphatic carbocycles. The Morgan fingerprint density at radius 3 is 2.39 bits per heavy atom. The van der Waals surface area contributed by atoms with Gasteiger partial charge in [-0.25, -0.2) is 9.18 Å². The zero-order valence-corrected chi connectivity index (χ0v) is 23.7. The van der Waals surface area contributed by atoms with Gasteiger partial charge in [-0.2, -0.15) is 0 Å². The summed E-state index contributed by atoms with van der Waals surface area (Å²) in [5, 5.41) is 0.838. The van der Waals surface area contributed by atoms with Crippen LogP contribution in [0.4, 0.5) is 4.39 Å². The lowest BCUT2D eigenvalue weighted by molar-refractivity contribution is -0.141. The summed E-state index contributed by atoms with van der Waals surface area (Å²) in [5.41, 5.74) is 7.92. The van der Waals surface area contributed by atoms with Gasteiger partial charge in [0.15, 0.2) is 0 Å². The molecule has 41 heavy (non-hydrogen) atoms. The maximum absolute atomic E-state index is 13.4. The first-order valence-corrected chi connectivity index (χ1v) is 14.0. The average Bonchev–Trinajstić information content (AvgIpc) is 3.79. The fourth-order valence-corrected chi connectivity index (χ4v) is 5.33. The van der Waals surface area contributed by atoms with E-state index in [0.29, 0.717) is 52.7 Å². The number of halogens is 3. The number of carbonyl (C=O) groups is 2. The molecule has 1 aliphatic heterocycles. The van der Waals surface area contributed by atoms with Crippen LogP contribution >= 0.6 is 23.2 Å². The summed E-state index contributed by atoms with van der Waals surface area (Å²) in [5.74, 6) is -0.403. The third kappa shape index (κ3) is 6.67. The Balaban J connectivity index is 1.28. The Morgan fingerprint density at radius 1 is 0.951 bits per heavy atom. The van der Waals surface area contributed by atoms with E-state index in [1.165, 1.54) is 18.2 Å². The molecule has 1 saturated carbocycles. The number of amides is 1. The van der Waals surface area contributed by atoms with Gasteiger partial charge in [-0.15, -0.1) is 0 Å². The summed E-state index contributed by atoms with van der Waals surface area (Å²) in [4.78, 5) is 27.6. The number of primary amides is 1. The Kier molecular flexibility index (Phi) is 8.82. The van der Waals surface area contributed by atoms with Crippen molar-refractivity contribution in [2.45, 2.75) is 31.4 Å². The first-order chi connectivity index (χ1) is 19.8. The summed E-state index contributed by atoms with van der Waals surface area (Å²) in [6.45, 7) is 1.29. The lowest BCUT2D eigenvalue weighted by atomic mass is 9.92. The van der Waals surface area contributed by atoms with Crippen LogP contribution in [-0.2, 0) is 20.9 Å². The first-order valence-electron chi connectivity index (χ1n) is 13.3. The third-order valence-electron chi connectivity index (χ3n) is 7.40. The predicted molar refractivity (Wildman–Crippen MR) is 154 cm³/mol. The van der Waals surface area contributed by atoms with E-state index < -0.39 is 17.3 Å². The zero-order valence-electron chi connectivity index (χ0n) is 22.2. The summed E-state index contributed by atoms with van der Waals surface area (Å²) in [7, 11) is 0. The number of nitrogens with zero attached hydrogens (tertiary/aromatic N) is 1. The molecule has 10 heteroatoms. The predicted octanol–water partition coefficient (Wildman–Crippen LogP) is 5.81. The molecule has 1 fully saturated rings. The molecule has 214 valence electrons. The number of rotatable bonds is 11. The minimum Gasteiger partial charge on any atom is -0.490 e. The summed E-state index contributed by atoms with van der Waals surface area (Å²) in [6, 6.07) is 18.5. The van der Waals surface area contributed by atoms with Crippen LogP contribution in [0.2, 0.25) is 10.0 Å². The lowest BCUT2D eigenvalue weighted by Crippen LogP contribution is -2.50. The van der Waals surface area contributed by atoms with Gasteiger partial charge in [0.2, 0.25) is 5.91 Å². The quantitative estimate of drug-likeness (QED) is 0.221. The molecule has 3 aromatic rings. The molecule has 0 unspecified atom stereocenters. The van der Waals surface area contributed by atoms with E-state index in [9.17, 15) is 14.0 Å². The van der Waals surface area contributed by atoms with Crippen molar-refractivity contribution in [2.24, 2.45) is 5.73 Å². The van der Waals surface area contributed by atoms with Crippen LogP contribution in [0.15, 0.2) is 72.3 Å². The molecule has 0 atom stereocenters. The van der Waals surface area contributed by atoms with Crippen molar-refractivity contribution in [3.8, 4) is 11.5 Å². The second kappa shape index (κ2) is 12.5. The minimum atomic E-state index is -0.699. The number of hydrogen-bond donors (Lipinski definition) is 1. The van der Waals surface area contributed by atoms with Gasteiger partial charge in [-0.1, -0.05) is 53.5 Å². The highest BCUT2D eigenvalue weighted by molar-refractivity contribution is 6.32. The van der Waals surface area contributed by atoms with E-state index >= 15 is 0 Å². The molecular formula is C31H29Cl2FN2O5. The van der Waals surface area contributed by atoms with Gasteiger partial charge in [-0.3, -0.25) is 9.69 Å². The maximum Gasteiger partial charge on any atom is 0.335 e. The van der Waals surface area contributed by atoms with Crippen LogP contribution in [0.25, 0.3) is 5.57 Å². The van der Waals surface area contributed by atoms with Crippen molar-refractivity contribution >= 4 is 40.7 Å².